The van der Waals surface area contributed by atoms with E-state index >= 15 is 0 Å². The zero-order valence-electron chi connectivity index (χ0n) is 14.9. The first-order valence-electron chi connectivity index (χ1n) is 8.55. The Hall–Kier alpha value is -3.19. The molecule has 4 aromatic rings. The third-order valence-corrected chi connectivity index (χ3v) is 5.14. The number of anilines is 2. The Morgan fingerprint density at radius 1 is 1.15 bits per heavy atom. The summed E-state index contributed by atoms with van der Waals surface area (Å²) in [5.74, 6) is 0.144. The number of fused-ring (bicyclic) bond motifs is 1. The Morgan fingerprint density at radius 3 is 2.78 bits per heavy atom. The Morgan fingerprint density at radius 2 is 2.00 bits per heavy atom. The number of para-hydroxylation sites is 1. The number of rotatable bonds is 5. The van der Waals surface area contributed by atoms with Gasteiger partial charge in [-0.15, -0.1) is 11.3 Å². The van der Waals surface area contributed by atoms with Crippen molar-refractivity contribution >= 4 is 39.0 Å². The molecule has 1 amide bonds. The van der Waals surface area contributed by atoms with Gasteiger partial charge >= 0.3 is 0 Å². The zero-order chi connectivity index (χ0) is 18.8. The van der Waals surface area contributed by atoms with Gasteiger partial charge in [0.15, 0.2) is 0 Å². The van der Waals surface area contributed by atoms with Crippen molar-refractivity contribution in [1.29, 1.82) is 0 Å². The van der Waals surface area contributed by atoms with Crippen molar-refractivity contribution in [2.45, 2.75) is 19.9 Å². The zero-order valence-corrected chi connectivity index (χ0v) is 15.7. The van der Waals surface area contributed by atoms with Crippen LogP contribution in [0.2, 0.25) is 0 Å². The van der Waals surface area contributed by atoms with Crippen LogP contribution in [0.4, 0.5) is 11.6 Å². The smallest absolute Gasteiger partial charge is 0.248 e. The van der Waals surface area contributed by atoms with Crippen molar-refractivity contribution in [3.63, 3.8) is 0 Å². The normalized spacial score (nSPS) is 12.1. The molecular weight excluding hydrogens is 360 g/mol. The highest BCUT2D eigenvalue weighted by atomic mass is 32.1. The summed E-state index contributed by atoms with van der Waals surface area (Å²) < 4.78 is 6.18. The Kier molecular flexibility index (Phi) is 4.60. The van der Waals surface area contributed by atoms with Crippen LogP contribution in [-0.4, -0.2) is 22.1 Å². The van der Waals surface area contributed by atoms with Crippen molar-refractivity contribution in [1.82, 2.24) is 10.1 Å². The summed E-state index contributed by atoms with van der Waals surface area (Å²) in [6.07, 6.45) is 0. The number of amides is 1. The molecule has 6 nitrogen and oxygen atoms in total. The molecule has 4 rings (SSSR count). The summed E-state index contributed by atoms with van der Waals surface area (Å²) in [7, 11) is 0. The third kappa shape index (κ3) is 3.83. The molecule has 0 saturated heterocycles. The molecule has 136 valence electrons. The molecule has 7 heteroatoms. The molecule has 2 aromatic heterocycles. The largest absolute Gasteiger partial charge is 0.374 e. The molecule has 0 saturated carbocycles. The average Bonchev–Trinajstić information content (AvgIpc) is 3.27. The lowest BCUT2D eigenvalue weighted by Crippen LogP contribution is -2.31. The van der Waals surface area contributed by atoms with Gasteiger partial charge in [0.1, 0.15) is 11.0 Å². The second kappa shape index (κ2) is 7.20. The van der Waals surface area contributed by atoms with Crippen LogP contribution in [0, 0.1) is 6.92 Å². The predicted octanol–water partition coefficient (Wildman–Crippen LogP) is 4.70. The minimum atomic E-state index is -0.443. The van der Waals surface area contributed by atoms with Gasteiger partial charge in [-0.1, -0.05) is 29.4 Å². The number of carbonyl (C=O) groups excluding carboxylic acids is 1. The first-order chi connectivity index (χ1) is 13.1. The van der Waals surface area contributed by atoms with Crippen LogP contribution in [0.3, 0.4) is 0 Å². The molecule has 2 heterocycles. The maximum Gasteiger partial charge on any atom is 0.248 e. The fourth-order valence-electron chi connectivity index (χ4n) is 2.71. The summed E-state index contributed by atoms with van der Waals surface area (Å²) in [4.78, 5) is 17.0. The summed E-state index contributed by atoms with van der Waals surface area (Å²) >= 11 is 1.65. The highest BCUT2D eigenvalue weighted by Crippen LogP contribution is 2.31. The van der Waals surface area contributed by atoms with E-state index in [0.29, 0.717) is 5.88 Å². The Balaban J connectivity index is 1.49. The fourth-order valence-corrected chi connectivity index (χ4v) is 3.67. The Bertz CT molecular complexity index is 1070. The first-order valence-corrected chi connectivity index (χ1v) is 9.37. The van der Waals surface area contributed by atoms with Crippen LogP contribution in [0.1, 0.15) is 12.6 Å². The lowest BCUT2D eigenvalue weighted by molar-refractivity contribution is -0.116. The second-order valence-corrected chi connectivity index (χ2v) is 7.29. The van der Waals surface area contributed by atoms with Crippen molar-refractivity contribution in [2.24, 2.45) is 0 Å². The van der Waals surface area contributed by atoms with Gasteiger partial charge in [0, 0.05) is 17.3 Å². The number of nitrogens with zero attached hydrogens (tertiary/aromatic N) is 2. The van der Waals surface area contributed by atoms with Crippen LogP contribution < -0.4 is 10.6 Å². The van der Waals surface area contributed by atoms with Crippen LogP contribution in [0.15, 0.2) is 59.1 Å². The molecular formula is C20H18N4O2S. The number of benzene rings is 2. The van der Waals surface area contributed by atoms with E-state index in [-0.39, 0.29) is 5.91 Å². The van der Waals surface area contributed by atoms with Gasteiger partial charge in [0.2, 0.25) is 11.8 Å². The summed E-state index contributed by atoms with van der Waals surface area (Å²) in [5, 5.41) is 10.6. The number of nitrogens with one attached hydrogen (secondary N) is 2. The van der Waals surface area contributed by atoms with Gasteiger partial charge in [-0.3, -0.25) is 10.1 Å². The number of hydrogen-bond acceptors (Lipinski definition) is 6. The van der Waals surface area contributed by atoms with Crippen LogP contribution in [-0.2, 0) is 4.79 Å². The van der Waals surface area contributed by atoms with E-state index in [4.69, 9.17) is 4.52 Å². The van der Waals surface area contributed by atoms with Crippen molar-refractivity contribution in [3.8, 4) is 10.6 Å². The number of aromatic nitrogens is 2. The first kappa shape index (κ1) is 17.2. The molecule has 0 aliphatic heterocycles. The van der Waals surface area contributed by atoms with E-state index in [1.165, 1.54) is 0 Å². The maximum atomic E-state index is 12.3. The molecule has 2 aromatic carbocycles. The molecule has 27 heavy (non-hydrogen) atoms. The summed E-state index contributed by atoms with van der Waals surface area (Å²) in [6.45, 7) is 3.59. The monoisotopic (exact) mass is 378 g/mol. The van der Waals surface area contributed by atoms with E-state index in [9.17, 15) is 4.79 Å². The molecule has 0 radical (unpaired) electrons. The van der Waals surface area contributed by atoms with Crippen molar-refractivity contribution in [3.05, 3.63) is 60.3 Å². The van der Waals surface area contributed by atoms with Gasteiger partial charge in [0.05, 0.1) is 15.9 Å². The molecule has 0 bridgehead atoms. The highest BCUT2D eigenvalue weighted by Gasteiger charge is 2.15. The topological polar surface area (TPSA) is 80.0 Å². The van der Waals surface area contributed by atoms with Gasteiger partial charge in [-0.05, 0) is 38.1 Å². The third-order valence-electron chi connectivity index (χ3n) is 4.05. The SMILES string of the molecule is Cc1cc(NC(=O)[C@@H](C)Nc2cccc(-c3nc4ccccc4s3)c2)on1. The maximum absolute atomic E-state index is 12.3. The number of thiazole rings is 1. The number of hydrogen-bond donors (Lipinski definition) is 2. The summed E-state index contributed by atoms with van der Waals surface area (Å²) in [6, 6.07) is 17.2. The second-order valence-electron chi connectivity index (χ2n) is 6.26. The molecule has 0 unspecified atom stereocenters. The number of carbonyl (C=O) groups is 1. The van der Waals surface area contributed by atoms with Crippen LogP contribution in [0.5, 0.6) is 0 Å². The minimum absolute atomic E-state index is 0.198. The molecule has 0 fully saturated rings. The van der Waals surface area contributed by atoms with E-state index < -0.39 is 6.04 Å². The molecule has 0 aliphatic carbocycles. The van der Waals surface area contributed by atoms with E-state index in [0.717, 1.165) is 32.2 Å². The molecule has 2 N–H and O–H groups in total. The average molecular weight is 378 g/mol. The fraction of sp³-hybridized carbons (Fsp3) is 0.150. The predicted molar refractivity (Wildman–Crippen MR) is 108 cm³/mol. The quantitative estimate of drug-likeness (QED) is 0.526. The molecule has 1 atom stereocenters. The van der Waals surface area contributed by atoms with Crippen LogP contribution in [0.25, 0.3) is 20.8 Å². The van der Waals surface area contributed by atoms with Crippen LogP contribution >= 0.6 is 11.3 Å². The molecule has 0 spiro atoms. The lowest BCUT2D eigenvalue weighted by atomic mass is 10.2. The van der Waals surface area contributed by atoms with Crippen molar-refractivity contribution in [2.75, 3.05) is 10.6 Å². The van der Waals surface area contributed by atoms with Gasteiger partial charge in [0.25, 0.3) is 0 Å². The lowest BCUT2D eigenvalue weighted by Gasteiger charge is -2.14. The van der Waals surface area contributed by atoms with Crippen molar-refractivity contribution < 1.29 is 9.32 Å². The van der Waals surface area contributed by atoms with E-state index in [1.54, 1.807) is 31.3 Å². The number of aryl methyl sites for hydroxylation is 1. The van der Waals surface area contributed by atoms with E-state index in [2.05, 4.69) is 26.8 Å². The molecule has 0 aliphatic rings. The minimum Gasteiger partial charge on any atom is -0.374 e. The van der Waals surface area contributed by atoms with Gasteiger partial charge in [-0.25, -0.2) is 4.98 Å². The van der Waals surface area contributed by atoms with Gasteiger partial charge < -0.3 is 9.84 Å². The van der Waals surface area contributed by atoms with Gasteiger partial charge in [-0.2, -0.15) is 0 Å². The standard InChI is InChI=1S/C20H18N4O2S/c1-12-10-18(26-24-12)23-19(25)13(2)21-15-7-5-6-14(11-15)20-22-16-8-3-4-9-17(16)27-20/h3-11,13,21H,1-2H3,(H,23,25)/t13-/m1/s1. The Labute approximate surface area is 160 Å². The van der Waals surface area contributed by atoms with E-state index in [1.807, 2.05) is 42.5 Å². The summed E-state index contributed by atoms with van der Waals surface area (Å²) in [5.41, 5.74) is 3.57. The highest BCUT2D eigenvalue weighted by molar-refractivity contribution is 7.21.